The zero-order chi connectivity index (χ0) is 90.5. The van der Waals surface area contributed by atoms with Gasteiger partial charge in [0.1, 0.15) is 68.7 Å². The van der Waals surface area contributed by atoms with Gasteiger partial charge in [-0.05, 0) is 121 Å². The Labute approximate surface area is 754 Å². The highest BCUT2D eigenvalue weighted by Gasteiger charge is 2.50. The number of esters is 3. The van der Waals surface area contributed by atoms with Gasteiger partial charge in [0.15, 0.2) is 59.4 Å². The average molecular weight is 2010 g/mol. The number of nitrogens with zero attached hydrogens (tertiary/aromatic N) is 11. The summed E-state index contributed by atoms with van der Waals surface area (Å²) in [6, 6.07) is 7.84. The molecular weight excluding hydrogens is 1910 g/mol. The van der Waals surface area contributed by atoms with Crippen molar-refractivity contribution in [3.05, 3.63) is 79.8 Å². The molecule has 1 unspecified atom stereocenters. The molecule has 0 spiro atoms. The molecule has 12 heterocycles. The molecule has 7 fully saturated rings. The number of ether oxygens (including phenoxy) is 7. The third-order valence-electron chi connectivity index (χ3n) is 20.5. The standard InChI is InChI=1S/C17H25ClN4O9P2.C16H21ClN4O4.C15H17Cl2N3O3.C11H18O5.C6H3Cl2N3.C5H11N.CH2Cl4O2P2/c18-13-5-11(20-9-3-1-2-4-9)10-6-19-22(16(10)21-13)17-15(24)14(23)12(31-17)7-30-33(28,29)8-32(25,26)27;17-12-5-10(19-8-3-1-2-4-8)9-6-18-21(15(9)20-12)16-14(24)13(23)11(7-22)25-16;1-4-11-7(2)13(22-8(3)21)15(23-11)20-14-9(6-18-20)10(16)5-12(17)19-14;1-5-9-6(2)10(14-7(3)12)11(16-9)15-8(4)13;7-3-1-4(8)11-6-5(3)9-2-10-6;6-5-3-1-2-4-5;2-8(3,6)1-9(4,5)7/h5-6,9,12,14-15,17,23-24H,1-4,7-8H2,(H,20,21)(H,28,29)(H2,25,26,27);5-6,8,11,13-14,16,22-24H,1-4,7H2,(H,19,20);5-7,11,13,15H,4H2,1-3H3;6,9-11H,5H2,1-4H3;1-2H,(H,9,10,11);5H,1-4,6H2;1H2/t12-,14-,15-,17-;11-,13-,14-,16-;7-,11-,13-,15-;6-,9-,10-,11-;;;/m1111.../s1. The lowest BCUT2D eigenvalue weighted by atomic mass is 9.98. The van der Waals surface area contributed by atoms with Crippen molar-refractivity contribution >= 4 is 215 Å². The number of pyridine rings is 4. The van der Waals surface area contributed by atoms with E-state index >= 15 is 0 Å². The number of aliphatic hydroxyl groups is 5. The fourth-order valence-electron chi connectivity index (χ4n) is 14.7. The Bertz CT molecular complexity index is 5080. The molecule has 17 atom stereocenters. The van der Waals surface area contributed by atoms with Crippen molar-refractivity contribution in [2.24, 2.45) is 17.6 Å². The summed E-state index contributed by atoms with van der Waals surface area (Å²) in [5.74, 6) is -9.77. The summed E-state index contributed by atoms with van der Waals surface area (Å²) < 4.78 is 91.0. The van der Waals surface area contributed by atoms with Gasteiger partial charge in [-0.1, -0.05) is 136 Å². The van der Waals surface area contributed by atoms with Gasteiger partial charge in [-0.15, -0.1) is 0 Å². The van der Waals surface area contributed by atoms with Gasteiger partial charge in [-0.25, -0.2) is 39.0 Å². The summed E-state index contributed by atoms with van der Waals surface area (Å²) in [7, 11) is -9.46. The second-order valence-electron chi connectivity index (χ2n) is 29.9. The lowest BCUT2D eigenvalue weighted by Gasteiger charge is -2.21. The predicted molar refractivity (Wildman–Crippen MR) is 464 cm³/mol. The fourth-order valence-corrected chi connectivity index (χ4v) is 27.6. The van der Waals surface area contributed by atoms with Gasteiger partial charge in [-0.3, -0.25) is 32.6 Å². The summed E-state index contributed by atoms with van der Waals surface area (Å²) >= 11 is 56.0. The smallest absolute Gasteiger partial charge is 0.340 e. The molecule has 123 heavy (non-hydrogen) atoms. The molecule has 13 N–H and O–H groups in total. The van der Waals surface area contributed by atoms with Crippen molar-refractivity contribution in [3.63, 3.8) is 0 Å². The number of hydrogen-bond acceptors (Lipinski definition) is 31. The van der Waals surface area contributed by atoms with Crippen molar-refractivity contribution < 1.29 is 111 Å². The van der Waals surface area contributed by atoms with Gasteiger partial charge in [0, 0.05) is 50.7 Å². The first-order chi connectivity index (χ1) is 57.8. The van der Waals surface area contributed by atoms with Crippen molar-refractivity contribution in [1.29, 1.82) is 0 Å². The molecule has 15 rings (SSSR count). The Morgan fingerprint density at radius 3 is 1.38 bits per heavy atom. The highest BCUT2D eigenvalue weighted by Crippen LogP contribution is 2.72. The van der Waals surface area contributed by atoms with Crippen LogP contribution in [0.15, 0.2) is 49.2 Å². The van der Waals surface area contributed by atoms with Crippen LogP contribution in [0.5, 0.6) is 0 Å². The highest BCUT2D eigenvalue weighted by molar-refractivity contribution is 8.21. The summed E-state index contributed by atoms with van der Waals surface area (Å²) in [4.78, 5) is 84.3. The quantitative estimate of drug-likeness (QED) is 0.0146. The monoisotopic (exact) mass is 2000 g/mol. The van der Waals surface area contributed by atoms with Crippen LogP contribution in [0.3, 0.4) is 0 Å². The molecule has 3 aliphatic carbocycles. The van der Waals surface area contributed by atoms with Crippen LogP contribution < -0.4 is 16.4 Å². The third kappa shape index (κ3) is 28.9. The normalized spacial score (nSPS) is 26.5. The van der Waals surface area contributed by atoms with Gasteiger partial charge in [0.25, 0.3) is 11.7 Å². The first-order valence-corrected chi connectivity index (χ1v) is 52.1. The SMILES string of the molecule is CC[C@H]1O[C@@H](OC(C)=O)[C@H](OC(C)=O)[C@@H]1C.CC[C@H]1O[C@@H](n2ncc3c(Cl)cc(Cl)nc32)[C@H](OC(C)=O)[C@@H]1C.Clc1cc(Cl)c2[nH]cnc2n1.NC1CCCC1.O=P(Cl)(Cl)CP(=O)(Cl)Cl.O=P(O)(O)CP(=O)(O)OC[C@H]1O[C@@H](n2ncc3c(NC4CCCC4)cc(Cl)nc32)[C@H](O)[C@@H]1O.OC[C@H]1O[C@@H](n2ncc3c(NC4CCCC4)cc(Cl)nc32)[C@H](O)[C@@H]1O. The lowest BCUT2D eigenvalue weighted by molar-refractivity contribution is -0.194. The van der Waals surface area contributed by atoms with E-state index in [9.17, 15) is 63.1 Å². The maximum Gasteiger partial charge on any atom is 0.340 e. The number of aromatic nitrogens is 12. The van der Waals surface area contributed by atoms with Crippen LogP contribution in [0, 0.1) is 11.8 Å². The largest absolute Gasteiger partial charge is 0.457 e. The Morgan fingerprint density at radius 2 is 0.943 bits per heavy atom. The van der Waals surface area contributed by atoms with Crippen LogP contribution >= 0.6 is 141 Å². The molecule has 3 saturated carbocycles. The summed E-state index contributed by atoms with van der Waals surface area (Å²) in [5.41, 5.74) is 9.65. The van der Waals surface area contributed by atoms with E-state index in [0.29, 0.717) is 71.8 Å². The molecule has 7 aliphatic rings. The lowest BCUT2D eigenvalue weighted by Crippen LogP contribution is -2.33. The molecule has 4 saturated heterocycles. The summed E-state index contributed by atoms with van der Waals surface area (Å²) in [6.45, 7) is 10.9. The highest BCUT2D eigenvalue weighted by atomic mass is 35.9. The molecule has 0 amide bonds. The third-order valence-corrected chi connectivity index (χ3v) is 31.8. The zero-order valence-corrected chi connectivity index (χ0v) is 78.2. The Morgan fingerprint density at radius 1 is 0.537 bits per heavy atom. The van der Waals surface area contributed by atoms with Crippen LogP contribution in [0.1, 0.15) is 157 Å². The molecule has 0 aromatic carbocycles. The van der Waals surface area contributed by atoms with Crippen molar-refractivity contribution in [3.8, 4) is 0 Å². The summed E-state index contributed by atoms with van der Waals surface area (Å²) in [5, 5.41) is 74.3. The van der Waals surface area contributed by atoms with Gasteiger partial charge in [-0.2, -0.15) is 15.3 Å². The number of carbonyl (C=O) groups excluding carboxylic acids is 3. The zero-order valence-electron chi connectivity index (χ0n) is 67.1. The second kappa shape index (κ2) is 45.5. The molecule has 52 heteroatoms. The number of aromatic amines is 1. The van der Waals surface area contributed by atoms with Crippen LogP contribution in [0.4, 0.5) is 11.4 Å². The second-order valence-corrected chi connectivity index (χ2v) is 47.3. The minimum absolute atomic E-state index is 0.0262. The first-order valence-electron chi connectivity index (χ1n) is 38.9. The van der Waals surface area contributed by atoms with E-state index in [0.717, 1.165) is 73.6 Å². The molecule has 0 radical (unpaired) electrons. The predicted octanol–water partition coefficient (Wildman–Crippen LogP) is 14.7. The van der Waals surface area contributed by atoms with Crippen molar-refractivity contribution in [1.82, 2.24) is 59.2 Å². The fraction of sp³-hybridized carbons (Fsp3) is 0.620. The molecule has 38 nitrogen and oxygen atoms in total. The molecule has 8 aromatic rings. The van der Waals surface area contributed by atoms with Crippen LogP contribution in [0.25, 0.3) is 44.3 Å². The van der Waals surface area contributed by atoms with Gasteiger partial charge in [0.05, 0.1) is 87.9 Å². The van der Waals surface area contributed by atoms with Gasteiger partial charge in [0.2, 0.25) is 6.29 Å². The van der Waals surface area contributed by atoms with E-state index in [1.54, 1.807) is 41.3 Å². The number of nitrogens with two attached hydrogens (primary N) is 1. The average Bonchev–Trinajstić information content (AvgIpc) is 1.62. The van der Waals surface area contributed by atoms with Crippen LogP contribution in [-0.2, 0) is 70.3 Å². The molecule has 4 aliphatic heterocycles. The van der Waals surface area contributed by atoms with Gasteiger partial charge < -0.3 is 99.2 Å². The number of carbonyl (C=O) groups is 3. The maximum atomic E-state index is 11.9. The number of imidazole rings is 1. The molecular formula is C71H97Cl10N15O23P4. The van der Waals surface area contributed by atoms with Crippen LogP contribution in [-0.4, -0.2) is 228 Å². The van der Waals surface area contributed by atoms with E-state index in [1.165, 1.54) is 81.2 Å². The number of halogens is 10. The number of rotatable bonds is 20. The maximum absolute atomic E-state index is 11.9. The number of hydrogen-bond donors (Lipinski definition) is 12. The van der Waals surface area contributed by atoms with E-state index in [1.807, 2.05) is 27.7 Å². The van der Waals surface area contributed by atoms with E-state index in [4.69, 9.17) is 168 Å². The van der Waals surface area contributed by atoms with E-state index < -0.39 is 138 Å². The molecule has 684 valence electrons. The minimum Gasteiger partial charge on any atom is -0.457 e. The van der Waals surface area contributed by atoms with Gasteiger partial charge >= 0.3 is 33.1 Å². The molecule has 0 bridgehead atoms. The number of anilines is 2. The van der Waals surface area contributed by atoms with E-state index in [-0.39, 0.29) is 40.3 Å². The minimum atomic E-state index is -4.81. The Hall–Kier alpha value is -4.25. The number of nitrogens with one attached hydrogen (secondary N) is 3. The number of fused-ring (bicyclic) bond motifs is 4. The van der Waals surface area contributed by atoms with Crippen molar-refractivity contribution in [2.45, 2.75) is 242 Å². The van der Waals surface area contributed by atoms with E-state index in [2.05, 4.69) is 55.8 Å². The summed E-state index contributed by atoms with van der Waals surface area (Å²) in [6.07, 6.45) is 10.1. The Balaban J connectivity index is 0.000000172. The first kappa shape index (κ1) is 102. The van der Waals surface area contributed by atoms with Crippen molar-refractivity contribution in [2.75, 3.05) is 35.7 Å². The van der Waals surface area contributed by atoms with Crippen LogP contribution in [0.2, 0.25) is 30.7 Å². The number of aliphatic hydroxyl groups excluding tert-OH is 5. The Kier molecular flexibility index (Phi) is 37.9. The molecule has 8 aromatic heterocycles. The topological polar surface area (TPSA) is 539 Å². The number of H-pyrrole nitrogens is 1.